The second kappa shape index (κ2) is 8.64. The standard InChI is InChI=1S/C20H22BrFN2O2/c1-15(26-19-8-7-17(22)13-18(19)21)20(25)24-11-9-23(10-12-24)14-16-5-3-2-4-6-16/h2-8,13,15H,9-12,14H2,1H3. The average Bonchev–Trinajstić information content (AvgIpc) is 2.65. The number of nitrogens with zero attached hydrogens (tertiary/aromatic N) is 2. The molecule has 1 aliphatic heterocycles. The van der Waals surface area contributed by atoms with Gasteiger partial charge in [0.15, 0.2) is 6.10 Å². The van der Waals surface area contributed by atoms with Gasteiger partial charge in [0.2, 0.25) is 0 Å². The third kappa shape index (κ3) is 4.83. The van der Waals surface area contributed by atoms with Crippen LogP contribution in [0.25, 0.3) is 0 Å². The molecule has 4 nitrogen and oxygen atoms in total. The molecule has 3 rings (SSSR count). The summed E-state index contributed by atoms with van der Waals surface area (Å²) in [5, 5.41) is 0. The normalized spacial score (nSPS) is 16.3. The molecule has 138 valence electrons. The van der Waals surface area contributed by atoms with Gasteiger partial charge in [0.25, 0.3) is 5.91 Å². The maximum Gasteiger partial charge on any atom is 0.263 e. The van der Waals surface area contributed by atoms with Crippen LogP contribution in [0.3, 0.4) is 0 Å². The van der Waals surface area contributed by atoms with E-state index < -0.39 is 6.10 Å². The zero-order valence-corrected chi connectivity index (χ0v) is 16.3. The van der Waals surface area contributed by atoms with E-state index in [2.05, 4.69) is 33.0 Å². The van der Waals surface area contributed by atoms with Gasteiger partial charge in [-0.25, -0.2) is 4.39 Å². The topological polar surface area (TPSA) is 32.8 Å². The number of amides is 1. The van der Waals surface area contributed by atoms with Gasteiger partial charge in [-0.15, -0.1) is 0 Å². The molecule has 0 radical (unpaired) electrons. The van der Waals surface area contributed by atoms with Crippen molar-refractivity contribution in [2.75, 3.05) is 26.2 Å². The van der Waals surface area contributed by atoms with Crippen molar-refractivity contribution < 1.29 is 13.9 Å². The number of benzene rings is 2. The molecule has 1 atom stereocenters. The van der Waals surface area contributed by atoms with Crippen molar-refractivity contribution in [3.8, 4) is 5.75 Å². The summed E-state index contributed by atoms with van der Waals surface area (Å²) in [5.41, 5.74) is 1.28. The molecule has 26 heavy (non-hydrogen) atoms. The van der Waals surface area contributed by atoms with Crippen LogP contribution in [0, 0.1) is 5.82 Å². The first-order valence-corrected chi connectivity index (χ1v) is 9.49. The van der Waals surface area contributed by atoms with Crippen molar-refractivity contribution in [3.05, 3.63) is 64.4 Å². The first-order valence-electron chi connectivity index (χ1n) is 8.69. The molecule has 1 aliphatic rings. The number of halogens is 2. The Kier molecular flexibility index (Phi) is 6.27. The summed E-state index contributed by atoms with van der Waals surface area (Å²) in [6.07, 6.45) is -0.613. The number of rotatable bonds is 5. The molecule has 0 aliphatic carbocycles. The summed E-state index contributed by atoms with van der Waals surface area (Å²) in [6, 6.07) is 14.5. The number of carbonyl (C=O) groups excluding carboxylic acids is 1. The molecule has 1 saturated heterocycles. The van der Waals surface area contributed by atoms with Crippen LogP contribution < -0.4 is 4.74 Å². The quantitative estimate of drug-likeness (QED) is 0.738. The summed E-state index contributed by atoms with van der Waals surface area (Å²) < 4.78 is 19.4. The van der Waals surface area contributed by atoms with Crippen LogP contribution in [0.5, 0.6) is 5.75 Å². The van der Waals surface area contributed by atoms with Gasteiger partial charge in [-0.2, -0.15) is 0 Å². The molecule has 1 fully saturated rings. The largest absolute Gasteiger partial charge is 0.480 e. The predicted molar refractivity (Wildman–Crippen MR) is 102 cm³/mol. The van der Waals surface area contributed by atoms with Crippen molar-refractivity contribution in [2.24, 2.45) is 0 Å². The molecule has 2 aromatic carbocycles. The Morgan fingerprint density at radius 3 is 2.50 bits per heavy atom. The minimum atomic E-state index is -0.613. The fourth-order valence-corrected chi connectivity index (χ4v) is 3.48. The van der Waals surface area contributed by atoms with Crippen LogP contribution in [0.4, 0.5) is 4.39 Å². The van der Waals surface area contributed by atoms with Gasteiger partial charge in [-0.3, -0.25) is 9.69 Å². The molecule has 1 amide bonds. The van der Waals surface area contributed by atoms with Crippen LogP contribution >= 0.6 is 15.9 Å². The first-order chi connectivity index (χ1) is 12.5. The highest BCUT2D eigenvalue weighted by atomic mass is 79.9. The van der Waals surface area contributed by atoms with Crippen LogP contribution in [0.15, 0.2) is 53.0 Å². The molecular formula is C20H22BrFN2O2. The van der Waals surface area contributed by atoms with E-state index in [-0.39, 0.29) is 11.7 Å². The number of hydrogen-bond acceptors (Lipinski definition) is 3. The number of piperazine rings is 1. The second-order valence-corrected chi connectivity index (χ2v) is 7.28. The number of ether oxygens (including phenoxy) is 1. The highest BCUT2D eigenvalue weighted by Crippen LogP contribution is 2.26. The van der Waals surface area contributed by atoms with E-state index in [0.29, 0.717) is 23.3 Å². The Morgan fingerprint density at radius 2 is 1.85 bits per heavy atom. The Balaban J connectivity index is 1.51. The average molecular weight is 421 g/mol. The van der Waals surface area contributed by atoms with Crippen molar-refractivity contribution in [1.82, 2.24) is 9.80 Å². The van der Waals surface area contributed by atoms with Gasteiger partial charge in [0.05, 0.1) is 4.47 Å². The predicted octanol–water partition coefficient (Wildman–Crippen LogP) is 3.70. The maximum absolute atomic E-state index is 13.2. The van der Waals surface area contributed by atoms with Gasteiger partial charge in [-0.05, 0) is 46.6 Å². The molecule has 0 saturated carbocycles. The highest BCUT2D eigenvalue weighted by Gasteiger charge is 2.26. The minimum Gasteiger partial charge on any atom is -0.480 e. The Labute approximate surface area is 161 Å². The fourth-order valence-electron chi connectivity index (χ4n) is 3.04. The lowest BCUT2D eigenvalue weighted by Gasteiger charge is -2.36. The summed E-state index contributed by atoms with van der Waals surface area (Å²) in [6.45, 7) is 5.68. The SMILES string of the molecule is CC(Oc1ccc(F)cc1Br)C(=O)N1CCN(Cc2ccccc2)CC1. The molecule has 2 aromatic rings. The molecule has 0 N–H and O–H groups in total. The summed E-state index contributed by atoms with van der Waals surface area (Å²) in [4.78, 5) is 16.8. The van der Waals surface area contributed by atoms with Crippen molar-refractivity contribution >= 4 is 21.8 Å². The van der Waals surface area contributed by atoms with E-state index >= 15 is 0 Å². The molecule has 0 spiro atoms. The van der Waals surface area contributed by atoms with E-state index in [1.165, 1.54) is 23.8 Å². The van der Waals surface area contributed by atoms with Crippen molar-refractivity contribution in [1.29, 1.82) is 0 Å². The first kappa shape index (κ1) is 18.9. The second-order valence-electron chi connectivity index (χ2n) is 6.42. The summed E-state index contributed by atoms with van der Waals surface area (Å²) in [5.74, 6) is 0.0771. The van der Waals surface area contributed by atoms with Gasteiger partial charge in [-0.1, -0.05) is 30.3 Å². The van der Waals surface area contributed by atoms with Crippen LogP contribution in [-0.4, -0.2) is 48.0 Å². The molecule has 0 aromatic heterocycles. The smallest absolute Gasteiger partial charge is 0.263 e. The molecule has 1 heterocycles. The van der Waals surface area contributed by atoms with E-state index in [1.807, 2.05) is 23.1 Å². The third-order valence-corrected chi connectivity index (χ3v) is 5.10. The van der Waals surface area contributed by atoms with Crippen LogP contribution in [-0.2, 0) is 11.3 Å². The summed E-state index contributed by atoms with van der Waals surface area (Å²) in [7, 11) is 0. The van der Waals surface area contributed by atoms with E-state index in [1.54, 1.807) is 6.92 Å². The van der Waals surface area contributed by atoms with E-state index in [4.69, 9.17) is 4.74 Å². The maximum atomic E-state index is 13.2. The fraction of sp³-hybridized carbons (Fsp3) is 0.350. The van der Waals surface area contributed by atoms with Crippen molar-refractivity contribution in [2.45, 2.75) is 19.6 Å². The van der Waals surface area contributed by atoms with Gasteiger partial charge in [0, 0.05) is 32.7 Å². The molecular weight excluding hydrogens is 399 g/mol. The van der Waals surface area contributed by atoms with E-state index in [9.17, 15) is 9.18 Å². The third-order valence-electron chi connectivity index (χ3n) is 4.48. The Hall–Kier alpha value is -1.92. The summed E-state index contributed by atoms with van der Waals surface area (Å²) >= 11 is 3.26. The lowest BCUT2D eigenvalue weighted by Crippen LogP contribution is -2.51. The molecule has 1 unspecified atom stereocenters. The zero-order chi connectivity index (χ0) is 18.5. The Morgan fingerprint density at radius 1 is 1.15 bits per heavy atom. The van der Waals surface area contributed by atoms with Gasteiger partial charge < -0.3 is 9.64 Å². The lowest BCUT2D eigenvalue weighted by atomic mass is 10.2. The minimum absolute atomic E-state index is 0.0411. The highest BCUT2D eigenvalue weighted by molar-refractivity contribution is 9.10. The Bertz CT molecular complexity index is 749. The van der Waals surface area contributed by atoms with E-state index in [0.717, 1.165) is 19.6 Å². The zero-order valence-electron chi connectivity index (χ0n) is 14.7. The molecule has 6 heteroatoms. The van der Waals surface area contributed by atoms with Gasteiger partial charge >= 0.3 is 0 Å². The van der Waals surface area contributed by atoms with Gasteiger partial charge in [0.1, 0.15) is 11.6 Å². The number of hydrogen-bond donors (Lipinski definition) is 0. The monoisotopic (exact) mass is 420 g/mol. The lowest BCUT2D eigenvalue weighted by molar-refractivity contribution is -0.139. The number of carbonyl (C=O) groups is 1. The van der Waals surface area contributed by atoms with Crippen LogP contribution in [0.1, 0.15) is 12.5 Å². The molecule has 0 bridgehead atoms. The van der Waals surface area contributed by atoms with Crippen molar-refractivity contribution in [3.63, 3.8) is 0 Å². The van der Waals surface area contributed by atoms with Crippen LogP contribution in [0.2, 0.25) is 0 Å².